The minimum absolute atomic E-state index is 0.119. The van der Waals surface area contributed by atoms with Crippen LogP contribution in [0.1, 0.15) is 20.3 Å². The number of hydrazine groups is 1. The summed E-state index contributed by atoms with van der Waals surface area (Å²) < 4.78 is 10.4. The Bertz CT molecular complexity index is 506. The molecule has 0 heterocycles. The minimum atomic E-state index is -0.119. The van der Waals surface area contributed by atoms with E-state index >= 15 is 0 Å². The molecule has 0 spiro atoms. The van der Waals surface area contributed by atoms with Gasteiger partial charge < -0.3 is 14.8 Å². The Balaban J connectivity index is 2.60. The summed E-state index contributed by atoms with van der Waals surface area (Å²) in [5.41, 5.74) is 5.83. The topological polar surface area (TPSA) is 71.6 Å². The molecule has 1 aromatic carbocycles. The lowest BCUT2D eigenvalue weighted by molar-refractivity contribution is -0.122. The van der Waals surface area contributed by atoms with Gasteiger partial charge in [-0.2, -0.15) is 0 Å². The van der Waals surface area contributed by atoms with Crippen molar-refractivity contribution in [2.24, 2.45) is 5.92 Å². The molecule has 0 aliphatic carbocycles. The van der Waals surface area contributed by atoms with Crippen LogP contribution in [0.25, 0.3) is 0 Å². The van der Waals surface area contributed by atoms with Gasteiger partial charge in [0.2, 0.25) is 5.91 Å². The average Bonchev–Trinajstić information content (AvgIpc) is 2.44. The summed E-state index contributed by atoms with van der Waals surface area (Å²) in [7, 11) is 3.14. The van der Waals surface area contributed by atoms with Gasteiger partial charge in [-0.3, -0.25) is 15.6 Å². The van der Waals surface area contributed by atoms with Gasteiger partial charge in [-0.1, -0.05) is 13.8 Å². The maximum Gasteiger partial charge on any atom is 0.238 e. The molecule has 0 bridgehead atoms. The normalized spacial score (nSPS) is 9.95. The van der Waals surface area contributed by atoms with Crippen LogP contribution in [0.2, 0.25) is 0 Å². The molecule has 116 valence electrons. The number of methoxy groups -OCH3 is 2. The molecule has 0 unspecified atom stereocenters. The highest BCUT2D eigenvalue weighted by Crippen LogP contribution is 2.28. The van der Waals surface area contributed by atoms with Crippen LogP contribution in [0.4, 0.5) is 5.69 Å². The van der Waals surface area contributed by atoms with E-state index in [1.807, 2.05) is 13.8 Å². The van der Waals surface area contributed by atoms with Gasteiger partial charge in [0.25, 0.3) is 0 Å². The number of rotatable bonds is 5. The van der Waals surface area contributed by atoms with E-state index in [9.17, 15) is 4.79 Å². The van der Waals surface area contributed by atoms with Gasteiger partial charge in [0.15, 0.2) is 5.11 Å². The fourth-order valence-corrected chi connectivity index (χ4v) is 1.77. The second kappa shape index (κ2) is 8.31. The van der Waals surface area contributed by atoms with Gasteiger partial charge in [-0.15, -0.1) is 0 Å². The molecule has 0 atom stereocenters. The van der Waals surface area contributed by atoms with Gasteiger partial charge in [0, 0.05) is 12.5 Å². The molecule has 0 radical (unpaired) electrons. The standard InChI is InChI=1S/C14H21N3O3S/c1-9(2)7-13(18)16-17-14(21)15-11-8-10(19-3)5-6-12(11)20-4/h5-6,8-9H,7H2,1-4H3,(H,16,18)(H2,15,17,21). The Morgan fingerprint density at radius 2 is 1.95 bits per heavy atom. The summed E-state index contributed by atoms with van der Waals surface area (Å²) in [5.74, 6) is 1.46. The van der Waals surface area contributed by atoms with Crippen molar-refractivity contribution in [1.82, 2.24) is 10.9 Å². The van der Waals surface area contributed by atoms with E-state index in [-0.39, 0.29) is 16.9 Å². The fraction of sp³-hybridized carbons (Fsp3) is 0.429. The van der Waals surface area contributed by atoms with Crippen LogP contribution in [0, 0.1) is 5.92 Å². The highest BCUT2D eigenvalue weighted by atomic mass is 32.1. The first-order valence-corrected chi connectivity index (χ1v) is 6.95. The number of thiocarbonyl (C=S) groups is 1. The monoisotopic (exact) mass is 311 g/mol. The van der Waals surface area contributed by atoms with E-state index < -0.39 is 0 Å². The van der Waals surface area contributed by atoms with Crippen LogP contribution in [-0.4, -0.2) is 25.2 Å². The van der Waals surface area contributed by atoms with Crippen LogP contribution in [-0.2, 0) is 4.79 Å². The number of anilines is 1. The largest absolute Gasteiger partial charge is 0.497 e. The zero-order valence-corrected chi connectivity index (χ0v) is 13.5. The maximum atomic E-state index is 11.5. The summed E-state index contributed by atoms with van der Waals surface area (Å²) in [6.07, 6.45) is 0.429. The summed E-state index contributed by atoms with van der Waals surface area (Å²) in [6, 6.07) is 5.30. The third-order valence-corrected chi connectivity index (χ3v) is 2.77. The van der Waals surface area contributed by atoms with Gasteiger partial charge in [-0.25, -0.2) is 0 Å². The molecular formula is C14H21N3O3S. The van der Waals surface area contributed by atoms with E-state index in [0.717, 1.165) is 0 Å². The van der Waals surface area contributed by atoms with Crippen molar-refractivity contribution < 1.29 is 14.3 Å². The maximum absolute atomic E-state index is 11.5. The SMILES string of the molecule is COc1ccc(OC)c(NC(=S)NNC(=O)CC(C)C)c1. The highest BCUT2D eigenvalue weighted by molar-refractivity contribution is 7.80. The van der Waals surface area contributed by atoms with Gasteiger partial charge >= 0.3 is 0 Å². The lowest BCUT2D eigenvalue weighted by Crippen LogP contribution is -2.44. The third-order valence-electron chi connectivity index (χ3n) is 2.56. The zero-order chi connectivity index (χ0) is 15.8. The van der Waals surface area contributed by atoms with Crippen molar-refractivity contribution in [3.63, 3.8) is 0 Å². The Kier molecular flexibility index (Phi) is 6.74. The van der Waals surface area contributed by atoms with E-state index in [1.165, 1.54) is 0 Å². The summed E-state index contributed by atoms with van der Waals surface area (Å²) in [4.78, 5) is 11.5. The quantitative estimate of drug-likeness (QED) is 0.571. The molecule has 6 nitrogen and oxygen atoms in total. The molecular weight excluding hydrogens is 290 g/mol. The summed E-state index contributed by atoms with van der Waals surface area (Å²) in [5, 5.41) is 3.21. The lowest BCUT2D eigenvalue weighted by Gasteiger charge is -2.15. The second-order valence-corrected chi connectivity index (χ2v) is 5.20. The molecule has 0 aliphatic rings. The molecule has 1 amide bonds. The molecule has 7 heteroatoms. The van der Waals surface area contributed by atoms with Crippen LogP contribution in [0.5, 0.6) is 11.5 Å². The molecule has 0 fully saturated rings. The van der Waals surface area contributed by atoms with Crippen LogP contribution in [0.15, 0.2) is 18.2 Å². The molecule has 0 saturated carbocycles. The number of amides is 1. The van der Waals surface area contributed by atoms with E-state index in [0.29, 0.717) is 23.6 Å². The number of benzene rings is 1. The molecule has 1 rings (SSSR count). The first-order chi connectivity index (χ1) is 9.96. The van der Waals surface area contributed by atoms with Crippen molar-refractivity contribution >= 4 is 28.9 Å². The molecule has 0 aromatic heterocycles. The fourth-order valence-electron chi connectivity index (χ4n) is 1.61. The van der Waals surface area contributed by atoms with Crippen molar-refractivity contribution in [2.45, 2.75) is 20.3 Å². The number of hydrogen-bond donors (Lipinski definition) is 3. The van der Waals surface area contributed by atoms with Crippen LogP contribution < -0.4 is 25.6 Å². The zero-order valence-electron chi connectivity index (χ0n) is 12.6. The average molecular weight is 311 g/mol. The number of nitrogens with one attached hydrogen (secondary N) is 3. The molecule has 3 N–H and O–H groups in total. The van der Waals surface area contributed by atoms with Crippen LogP contribution >= 0.6 is 12.2 Å². The van der Waals surface area contributed by atoms with Crippen LogP contribution in [0.3, 0.4) is 0 Å². The predicted molar refractivity (Wildman–Crippen MR) is 86.5 cm³/mol. The van der Waals surface area contributed by atoms with Gasteiger partial charge in [-0.05, 0) is 30.3 Å². The lowest BCUT2D eigenvalue weighted by atomic mass is 10.1. The first kappa shape index (κ1) is 17.0. The second-order valence-electron chi connectivity index (χ2n) is 4.79. The number of hydrogen-bond acceptors (Lipinski definition) is 4. The Labute approximate surface area is 130 Å². The van der Waals surface area contributed by atoms with Crippen molar-refractivity contribution in [2.75, 3.05) is 19.5 Å². The predicted octanol–water partition coefficient (Wildman–Crippen LogP) is 2.07. The Morgan fingerprint density at radius 1 is 1.24 bits per heavy atom. The van der Waals surface area contributed by atoms with Gasteiger partial charge in [0.1, 0.15) is 11.5 Å². The first-order valence-electron chi connectivity index (χ1n) is 6.54. The molecule has 0 saturated heterocycles. The van der Waals surface area contributed by atoms with Crippen molar-refractivity contribution in [3.05, 3.63) is 18.2 Å². The van der Waals surface area contributed by atoms with Crippen molar-refractivity contribution in [1.29, 1.82) is 0 Å². The highest BCUT2D eigenvalue weighted by Gasteiger charge is 2.08. The Hall–Kier alpha value is -2.02. The number of ether oxygens (including phenoxy) is 2. The number of carbonyl (C=O) groups excluding carboxylic acids is 1. The minimum Gasteiger partial charge on any atom is -0.497 e. The molecule has 21 heavy (non-hydrogen) atoms. The summed E-state index contributed by atoms with van der Waals surface area (Å²) in [6.45, 7) is 3.94. The number of carbonyl (C=O) groups is 1. The smallest absolute Gasteiger partial charge is 0.238 e. The third kappa shape index (κ3) is 5.86. The molecule has 1 aromatic rings. The Morgan fingerprint density at radius 3 is 2.52 bits per heavy atom. The van der Waals surface area contributed by atoms with E-state index in [4.69, 9.17) is 21.7 Å². The van der Waals surface area contributed by atoms with E-state index in [1.54, 1.807) is 32.4 Å². The summed E-state index contributed by atoms with van der Waals surface area (Å²) >= 11 is 5.12. The van der Waals surface area contributed by atoms with Gasteiger partial charge in [0.05, 0.1) is 19.9 Å². The van der Waals surface area contributed by atoms with Crippen molar-refractivity contribution in [3.8, 4) is 11.5 Å². The van der Waals surface area contributed by atoms with E-state index in [2.05, 4.69) is 16.2 Å². The molecule has 0 aliphatic heterocycles.